The maximum atomic E-state index is 12.1. The number of barbiturate groups is 1. The number of methoxy groups -OCH3 is 3. The van der Waals surface area contributed by atoms with Crippen molar-refractivity contribution in [3.63, 3.8) is 0 Å². The Hall–Kier alpha value is -3.03. The summed E-state index contributed by atoms with van der Waals surface area (Å²) < 4.78 is 15.6. The summed E-state index contributed by atoms with van der Waals surface area (Å²) in [7, 11) is 5.67. The van der Waals surface area contributed by atoms with E-state index >= 15 is 0 Å². The van der Waals surface area contributed by atoms with Gasteiger partial charge in [0.1, 0.15) is 11.3 Å². The van der Waals surface area contributed by atoms with Gasteiger partial charge in [-0.05, 0) is 12.1 Å². The summed E-state index contributed by atoms with van der Waals surface area (Å²) in [6, 6.07) is 2.38. The Kier molecular flexibility index (Phi) is 4.54. The van der Waals surface area contributed by atoms with Crippen LogP contribution in [0.3, 0.4) is 0 Å². The van der Waals surface area contributed by atoms with E-state index in [9.17, 15) is 14.4 Å². The second kappa shape index (κ2) is 6.39. The van der Waals surface area contributed by atoms with E-state index in [4.69, 9.17) is 14.2 Å². The van der Waals surface area contributed by atoms with Crippen LogP contribution in [0.4, 0.5) is 4.79 Å². The highest BCUT2D eigenvalue weighted by atomic mass is 16.5. The minimum absolute atomic E-state index is 0.183. The van der Waals surface area contributed by atoms with E-state index in [2.05, 4.69) is 5.32 Å². The topological polar surface area (TPSA) is 94.2 Å². The molecule has 0 radical (unpaired) electrons. The second-order valence-electron chi connectivity index (χ2n) is 4.63. The fourth-order valence-corrected chi connectivity index (χ4v) is 2.07. The van der Waals surface area contributed by atoms with Crippen LogP contribution in [0.25, 0.3) is 6.08 Å². The van der Waals surface area contributed by atoms with Crippen molar-refractivity contribution in [2.45, 2.75) is 0 Å². The largest absolute Gasteiger partial charge is 0.496 e. The lowest BCUT2D eigenvalue weighted by Gasteiger charge is -2.22. The summed E-state index contributed by atoms with van der Waals surface area (Å²) in [6.07, 6.45) is 1.33. The van der Waals surface area contributed by atoms with Crippen LogP contribution < -0.4 is 19.5 Å². The van der Waals surface area contributed by atoms with Crippen LogP contribution in [0.5, 0.6) is 17.2 Å². The average molecular weight is 320 g/mol. The first-order valence-electron chi connectivity index (χ1n) is 6.58. The van der Waals surface area contributed by atoms with Gasteiger partial charge < -0.3 is 14.2 Å². The molecule has 23 heavy (non-hydrogen) atoms. The molecule has 0 aromatic heterocycles. The van der Waals surface area contributed by atoms with Crippen molar-refractivity contribution in [2.75, 3.05) is 28.4 Å². The molecule has 1 N–H and O–H groups in total. The number of nitrogens with zero attached hydrogens (tertiary/aromatic N) is 1. The summed E-state index contributed by atoms with van der Waals surface area (Å²) in [5.41, 5.74) is 0.254. The second-order valence-corrected chi connectivity index (χ2v) is 4.63. The van der Waals surface area contributed by atoms with Crippen LogP contribution in [0.1, 0.15) is 5.56 Å². The number of hydrogen-bond acceptors (Lipinski definition) is 6. The molecule has 0 unspecified atom stereocenters. The zero-order chi connectivity index (χ0) is 17.1. The Morgan fingerprint density at radius 2 is 1.52 bits per heavy atom. The van der Waals surface area contributed by atoms with Gasteiger partial charge in [-0.2, -0.15) is 0 Å². The molecule has 8 nitrogen and oxygen atoms in total. The third kappa shape index (κ3) is 2.96. The molecule has 1 aliphatic heterocycles. The van der Waals surface area contributed by atoms with Gasteiger partial charge in [0.2, 0.25) is 0 Å². The average Bonchev–Trinajstić information content (AvgIpc) is 2.55. The van der Waals surface area contributed by atoms with E-state index in [1.54, 1.807) is 12.1 Å². The van der Waals surface area contributed by atoms with Crippen molar-refractivity contribution >= 4 is 23.9 Å². The van der Waals surface area contributed by atoms with Crippen LogP contribution >= 0.6 is 0 Å². The van der Waals surface area contributed by atoms with Crippen molar-refractivity contribution in [3.05, 3.63) is 23.3 Å². The van der Waals surface area contributed by atoms with E-state index in [1.807, 2.05) is 0 Å². The summed E-state index contributed by atoms with van der Waals surface area (Å²) in [4.78, 5) is 36.2. The Bertz CT molecular complexity index is 710. The third-order valence-electron chi connectivity index (χ3n) is 3.34. The normalized spacial score (nSPS) is 16.4. The molecule has 1 aliphatic rings. The van der Waals surface area contributed by atoms with Crippen LogP contribution in [0.2, 0.25) is 0 Å². The predicted molar refractivity (Wildman–Crippen MR) is 80.4 cm³/mol. The highest BCUT2D eigenvalue weighted by molar-refractivity contribution is 6.30. The maximum absolute atomic E-state index is 12.1. The quantitative estimate of drug-likeness (QED) is 0.651. The highest BCUT2D eigenvalue weighted by Crippen LogP contribution is 2.35. The summed E-state index contributed by atoms with van der Waals surface area (Å²) in [5, 5.41) is 2.08. The van der Waals surface area contributed by atoms with Crippen molar-refractivity contribution in [1.82, 2.24) is 10.2 Å². The van der Waals surface area contributed by atoms with Gasteiger partial charge in [-0.25, -0.2) is 4.79 Å². The van der Waals surface area contributed by atoms with Crippen LogP contribution in [-0.2, 0) is 9.59 Å². The number of ether oxygens (including phenoxy) is 3. The molecule has 0 saturated carbocycles. The Labute approximate surface area is 132 Å². The van der Waals surface area contributed by atoms with Gasteiger partial charge in [-0.15, -0.1) is 0 Å². The van der Waals surface area contributed by atoms with Gasteiger partial charge in [0.25, 0.3) is 11.8 Å². The number of imide groups is 2. The molecular weight excluding hydrogens is 304 g/mol. The molecule has 8 heteroatoms. The first-order valence-corrected chi connectivity index (χ1v) is 6.58. The summed E-state index contributed by atoms with van der Waals surface area (Å²) >= 11 is 0. The van der Waals surface area contributed by atoms with Gasteiger partial charge in [0.15, 0.2) is 11.5 Å². The molecule has 2 rings (SSSR count). The monoisotopic (exact) mass is 320 g/mol. The van der Waals surface area contributed by atoms with Gasteiger partial charge in [-0.1, -0.05) is 0 Å². The number of carbonyl (C=O) groups excluding carboxylic acids is 3. The zero-order valence-electron chi connectivity index (χ0n) is 13.1. The van der Waals surface area contributed by atoms with E-state index < -0.39 is 17.8 Å². The summed E-state index contributed by atoms with van der Waals surface area (Å²) in [6.45, 7) is 0. The number of carbonyl (C=O) groups is 3. The Morgan fingerprint density at radius 3 is 2.09 bits per heavy atom. The molecule has 122 valence electrons. The van der Waals surface area contributed by atoms with Gasteiger partial charge in [-0.3, -0.25) is 19.8 Å². The van der Waals surface area contributed by atoms with Crippen LogP contribution in [0, 0.1) is 0 Å². The zero-order valence-corrected chi connectivity index (χ0v) is 13.1. The number of hydrogen-bond donors (Lipinski definition) is 1. The molecule has 0 atom stereocenters. The number of urea groups is 1. The smallest absolute Gasteiger partial charge is 0.331 e. The molecule has 1 aromatic carbocycles. The van der Waals surface area contributed by atoms with Crippen LogP contribution in [-0.4, -0.2) is 51.1 Å². The van der Waals surface area contributed by atoms with Crippen molar-refractivity contribution in [3.8, 4) is 17.2 Å². The molecule has 1 saturated heterocycles. The molecule has 1 fully saturated rings. The highest BCUT2D eigenvalue weighted by Gasteiger charge is 2.33. The first-order chi connectivity index (χ1) is 10.9. The fourth-order valence-electron chi connectivity index (χ4n) is 2.07. The molecule has 0 bridgehead atoms. The van der Waals surface area contributed by atoms with Gasteiger partial charge in [0, 0.05) is 18.7 Å². The van der Waals surface area contributed by atoms with Crippen molar-refractivity contribution in [2.24, 2.45) is 0 Å². The molecular formula is C15H16N2O6. The number of benzene rings is 1. The van der Waals surface area contributed by atoms with E-state index in [0.717, 1.165) is 4.90 Å². The van der Waals surface area contributed by atoms with Gasteiger partial charge >= 0.3 is 6.03 Å². The lowest BCUT2D eigenvalue weighted by molar-refractivity contribution is -0.129. The third-order valence-corrected chi connectivity index (χ3v) is 3.34. The maximum Gasteiger partial charge on any atom is 0.331 e. The molecule has 1 heterocycles. The van der Waals surface area contributed by atoms with Crippen molar-refractivity contribution < 1.29 is 28.6 Å². The van der Waals surface area contributed by atoms with E-state index in [-0.39, 0.29) is 5.57 Å². The van der Waals surface area contributed by atoms with Crippen LogP contribution in [0.15, 0.2) is 17.7 Å². The Morgan fingerprint density at radius 1 is 0.957 bits per heavy atom. The minimum Gasteiger partial charge on any atom is -0.496 e. The van der Waals surface area contributed by atoms with E-state index in [0.29, 0.717) is 22.8 Å². The lowest BCUT2D eigenvalue weighted by Crippen LogP contribution is -2.52. The first kappa shape index (κ1) is 16.3. The lowest BCUT2D eigenvalue weighted by atomic mass is 10.1. The molecule has 0 aliphatic carbocycles. The van der Waals surface area contributed by atoms with Crippen molar-refractivity contribution in [1.29, 1.82) is 0 Å². The van der Waals surface area contributed by atoms with E-state index in [1.165, 1.54) is 34.5 Å². The fraction of sp³-hybridized carbons (Fsp3) is 0.267. The number of likely N-dealkylation sites (N-methyl/N-ethyl adjacent to an activating group) is 1. The SMILES string of the molecule is COc1cc(OC)c(OC)cc1C=C1C(=O)NC(=O)N(C)C1=O. The number of rotatable bonds is 4. The van der Waals surface area contributed by atoms with Gasteiger partial charge in [0.05, 0.1) is 21.3 Å². The summed E-state index contributed by atoms with van der Waals surface area (Å²) in [5.74, 6) is -0.229. The number of amides is 4. The molecule has 0 spiro atoms. The standard InChI is InChI=1S/C15H16N2O6/c1-17-14(19)9(13(18)16-15(17)20)5-8-6-11(22-3)12(23-4)7-10(8)21-2/h5-7H,1-4H3,(H,16,18,20). The number of nitrogens with one attached hydrogen (secondary N) is 1. The molecule has 4 amide bonds. The Balaban J connectivity index is 2.55. The minimum atomic E-state index is -0.769. The molecule has 1 aromatic rings. The predicted octanol–water partition coefficient (Wildman–Crippen LogP) is 0.804.